The van der Waals surface area contributed by atoms with Crippen molar-refractivity contribution in [1.29, 1.82) is 0 Å². The summed E-state index contributed by atoms with van der Waals surface area (Å²) in [7, 11) is 3.06. The van der Waals surface area contributed by atoms with Crippen LogP contribution in [0.2, 0.25) is 0 Å². The van der Waals surface area contributed by atoms with Gasteiger partial charge in [-0.2, -0.15) is 12.7 Å². The number of nitrogens with zero attached hydrogens (tertiary/aromatic N) is 2. The first-order valence-electron chi connectivity index (χ1n) is 6.42. The van der Waals surface area contributed by atoms with Crippen LogP contribution in [0.1, 0.15) is 6.42 Å². The third-order valence-corrected chi connectivity index (χ3v) is 4.95. The van der Waals surface area contributed by atoms with E-state index in [2.05, 4.69) is 5.32 Å². The van der Waals surface area contributed by atoms with E-state index in [0.29, 0.717) is 18.0 Å². The second kappa shape index (κ2) is 7.47. The fourth-order valence-corrected chi connectivity index (χ4v) is 2.89. The summed E-state index contributed by atoms with van der Waals surface area (Å²) in [6.07, 6.45) is 0.767. The molecule has 114 valence electrons. The van der Waals surface area contributed by atoms with Gasteiger partial charge in [-0.1, -0.05) is 0 Å². The Kier molecular flexibility index (Phi) is 6.25. The zero-order valence-corrected chi connectivity index (χ0v) is 13.3. The molecular weight excluding hydrogens is 278 g/mol. The van der Waals surface area contributed by atoms with Gasteiger partial charge < -0.3 is 10.1 Å². The summed E-state index contributed by atoms with van der Waals surface area (Å²) in [5.41, 5.74) is 0.603. The molecule has 20 heavy (non-hydrogen) atoms. The number of ether oxygens (including phenoxy) is 1. The van der Waals surface area contributed by atoms with Gasteiger partial charge in [0.05, 0.1) is 12.8 Å². The fraction of sp³-hybridized carbons (Fsp3) is 0.538. The first-order valence-corrected chi connectivity index (χ1v) is 7.82. The van der Waals surface area contributed by atoms with Crippen molar-refractivity contribution in [3.05, 3.63) is 24.3 Å². The summed E-state index contributed by atoms with van der Waals surface area (Å²) < 4.78 is 32.4. The summed E-state index contributed by atoms with van der Waals surface area (Å²) in [6.45, 7) is 1.26. The quantitative estimate of drug-likeness (QED) is 0.725. The molecule has 0 saturated carbocycles. The number of hydrogen-bond donors (Lipinski definition) is 1. The summed E-state index contributed by atoms with van der Waals surface area (Å²) in [6, 6.07) is 6.92. The van der Waals surface area contributed by atoms with E-state index >= 15 is 0 Å². The van der Waals surface area contributed by atoms with Gasteiger partial charge in [0.25, 0.3) is 0 Å². The zero-order chi connectivity index (χ0) is 15.2. The Labute approximate surface area is 121 Å². The van der Waals surface area contributed by atoms with Crippen LogP contribution in [0.25, 0.3) is 0 Å². The average Bonchev–Trinajstić information content (AvgIpc) is 2.46. The lowest BCUT2D eigenvalue weighted by molar-refractivity contribution is 0.415. The molecule has 0 fully saturated rings. The predicted octanol–water partition coefficient (Wildman–Crippen LogP) is 0.918. The molecule has 1 rings (SSSR count). The van der Waals surface area contributed by atoms with Crippen LogP contribution >= 0.6 is 0 Å². The van der Waals surface area contributed by atoms with Crippen molar-refractivity contribution in [2.45, 2.75) is 6.42 Å². The minimum Gasteiger partial charge on any atom is -0.497 e. The average molecular weight is 301 g/mol. The van der Waals surface area contributed by atoms with Crippen LogP contribution < -0.4 is 14.4 Å². The SMILES string of the molecule is CNCCCN(C)S(=O)(=O)N(C)c1ccc(OC)cc1. The van der Waals surface area contributed by atoms with Crippen molar-refractivity contribution in [1.82, 2.24) is 9.62 Å². The summed E-state index contributed by atoms with van der Waals surface area (Å²) in [5, 5.41) is 3.00. The molecule has 0 radical (unpaired) electrons. The lowest BCUT2D eigenvalue weighted by Gasteiger charge is -2.26. The van der Waals surface area contributed by atoms with Gasteiger partial charge >= 0.3 is 10.2 Å². The molecule has 6 nitrogen and oxygen atoms in total. The van der Waals surface area contributed by atoms with Gasteiger partial charge in [0.1, 0.15) is 5.75 Å². The highest BCUT2D eigenvalue weighted by Crippen LogP contribution is 2.21. The molecular formula is C13H23N3O3S. The predicted molar refractivity (Wildman–Crippen MR) is 81.5 cm³/mol. The van der Waals surface area contributed by atoms with Crippen LogP contribution in [0, 0.1) is 0 Å². The summed E-state index contributed by atoms with van der Waals surface area (Å²) in [4.78, 5) is 0. The first kappa shape index (κ1) is 16.7. The summed E-state index contributed by atoms with van der Waals surface area (Å²) >= 11 is 0. The number of rotatable bonds is 8. The number of anilines is 1. The summed E-state index contributed by atoms with van der Waals surface area (Å²) in [5.74, 6) is 0.696. The third-order valence-electron chi connectivity index (χ3n) is 3.08. The maximum absolute atomic E-state index is 12.4. The molecule has 1 aromatic carbocycles. The van der Waals surface area contributed by atoms with Gasteiger partial charge in [0, 0.05) is 20.6 Å². The molecule has 0 spiro atoms. The Morgan fingerprint density at radius 2 is 1.80 bits per heavy atom. The van der Waals surface area contributed by atoms with Crippen molar-refractivity contribution >= 4 is 15.9 Å². The zero-order valence-electron chi connectivity index (χ0n) is 12.5. The topological polar surface area (TPSA) is 61.9 Å². The fourth-order valence-electron chi connectivity index (χ4n) is 1.73. The Bertz CT molecular complexity index is 502. The lowest BCUT2D eigenvalue weighted by Crippen LogP contribution is -2.40. The number of hydrogen-bond acceptors (Lipinski definition) is 4. The Hall–Kier alpha value is -1.31. The van der Waals surface area contributed by atoms with Crippen molar-refractivity contribution < 1.29 is 13.2 Å². The smallest absolute Gasteiger partial charge is 0.303 e. The van der Waals surface area contributed by atoms with Crippen LogP contribution in [-0.2, 0) is 10.2 Å². The van der Waals surface area contributed by atoms with E-state index in [1.807, 2.05) is 7.05 Å². The lowest BCUT2D eigenvalue weighted by atomic mass is 10.3. The Morgan fingerprint density at radius 1 is 1.20 bits per heavy atom. The maximum Gasteiger partial charge on any atom is 0.303 e. The largest absolute Gasteiger partial charge is 0.497 e. The Balaban J connectivity index is 2.79. The molecule has 1 N–H and O–H groups in total. The number of nitrogens with one attached hydrogen (secondary N) is 1. The molecule has 0 heterocycles. The molecule has 0 unspecified atom stereocenters. The van der Waals surface area contributed by atoms with Gasteiger partial charge in [-0.05, 0) is 44.3 Å². The van der Waals surface area contributed by atoms with Crippen molar-refractivity contribution in [3.8, 4) is 5.75 Å². The minimum absolute atomic E-state index is 0.476. The molecule has 0 aliphatic carbocycles. The van der Waals surface area contributed by atoms with E-state index < -0.39 is 10.2 Å². The van der Waals surface area contributed by atoms with E-state index in [1.54, 1.807) is 45.5 Å². The monoisotopic (exact) mass is 301 g/mol. The molecule has 7 heteroatoms. The molecule has 0 saturated heterocycles. The molecule has 0 aromatic heterocycles. The maximum atomic E-state index is 12.4. The number of benzene rings is 1. The second-order valence-electron chi connectivity index (χ2n) is 4.45. The molecule has 0 aliphatic heterocycles. The molecule has 0 amide bonds. The van der Waals surface area contributed by atoms with E-state index in [9.17, 15) is 8.42 Å². The van der Waals surface area contributed by atoms with Gasteiger partial charge in [-0.3, -0.25) is 4.31 Å². The van der Waals surface area contributed by atoms with Crippen molar-refractivity contribution in [2.75, 3.05) is 45.6 Å². The van der Waals surface area contributed by atoms with Crippen LogP contribution in [-0.4, -0.2) is 54.1 Å². The van der Waals surface area contributed by atoms with E-state index in [1.165, 1.54) is 8.61 Å². The Morgan fingerprint density at radius 3 is 2.30 bits per heavy atom. The highest BCUT2D eigenvalue weighted by Gasteiger charge is 2.23. The van der Waals surface area contributed by atoms with E-state index in [-0.39, 0.29) is 0 Å². The van der Waals surface area contributed by atoms with E-state index in [4.69, 9.17) is 4.74 Å². The highest BCUT2D eigenvalue weighted by atomic mass is 32.2. The van der Waals surface area contributed by atoms with Crippen molar-refractivity contribution in [3.63, 3.8) is 0 Å². The molecule has 0 atom stereocenters. The standard InChI is InChI=1S/C13H23N3O3S/c1-14-10-5-11-15(2)20(17,18)16(3)12-6-8-13(19-4)9-7-12/h6-9,14H,5,10-11H2,1-4H3. The second-order valence-corrected chi connectivity index (χ2v) is 6.52. The third kappa shape index (κ3) is 4.09. The molecule has 1 aromatic rings. The van der Waals surface area contributed by atoms with Crippen molar-refractivity contribution in [2.24, 2.45) is 0 Å². The van der Waals surface area contributed by atoms with Crippen LogP contribution in [0.15, 0.2) is 24.3 Å². The molecule has 0 aliphatic rings. The van der Waals surface area contributed by atoms with Gasteiger partial charge in [0.15, 0.2) is 0 Å². The highest BCUT2D eigenvalue weighted by molar-refractivity contribution is 7.90. The normalized spacial score (nSPS) is 11.7. The van der Waals surface area contributed by atoms with Crippen LogP contribution in [0.4, 0.5) is 5.69 Å². The van der Waals surface area contributed by atoms with Gasteiger partial charge in [0.2, 0.25) is 0 Å². The van der Waals surface area contributed by atoms with Gasteiger partial charge in [-0.15, -0.1) is 0 Å². The molecule has 0 bridgehead atoms. The number of methoxy groups -OCH3 is 1. The van der Waals surface area contributed by atoms with Crippen LogP contribution in [0.3, 0.4) is 0 Å². The van der Waals surface area contributed by atoms with E-state index in [0.717, 1.165) is 13.0 Å². The van der Waals surface area contributed by atoms with Crippen LogP contribution in [0.5, 0.6) is 5.75 Å². The van der Waals surface area contributed by atoms with Gasteiger partial charge in [-0.25, -0.2) is 0 Å². The minimum atomic E-state index is -3.49. The first-order chi connectivity index (χ1) is 9.43.